The number of hydrogen-bond acceptors (Lipinski definition) is 4. The van der Waals surface area contributed by atoms with E-state index in [1.165, 1.54) is 6.08 Å². The van der Waals surface area contributed by atoms with Crippen LogP contribution in [0.25, 0.3) is 6.08 Å². The molecule has 0 saturated carbocycles. The molecule has 0 radical (unpaired) electrons. The smallest absolute Gasteiger partial charge is 0.178 e. The highest BCUT2D eigenvalue weighted by molar-refractivity contribution is 7.71. The summed E-state index contributed by atoms with van der Waals surface area (Å²) in [5.41, 5.74) is 7.34. The van der Waals surface area contributed by atoms with Crippen LogP contribution in [0.4, 0.5) is 5.82 Å². The summed E-state index contributed by atoms with van der Waals surface area (Å²) in [4.78, 5) is 5.44. The molecule has 1 aromatic rings. The number of nitrogens with zero attached hydrogens (tertiary/aromatic N) is 1. The summed E-state index contributed by atoms with van der Waals surface area (Å²) in [5, 5.41) is 12.5. The van der Waals surface area contributed by atoms with Crippen LogP contribution in [0.3, 0.4) is 0 Å². The zero-order valence-electron chi connectivity index (χ0n) is 7.09. The molecule has 0 unspecified atom stereocenters. The van der Waals surface area contributed by atoms with Gasteiger partial charge in [-0.15, -0.1) is 5.11 Å². The van der Waals surface area contributed by atoms with E-state index in [4.69, 9.17) is 17.7 Å². The molecule has 0 bridgehead atoms. The normalized spacial score (nSPS) is 11.6. The number of H-pyrrole nitrogens is 2. The Balaban J connectivity index is 3.13. The maximum absolute atomic E-state index is 9.23. The van der Waals surface area contributed by atoms with Gasteiger partial charge in [0.1, 0.15) is 0 Å². The van der Waals surface area contributed by atoms with E-state index in [2.05, 4.69) is 15.1 Å². The van der Waals surface area contributed by atoms with Crippen LogP contribution in [0.2, 0.25) is 0 Å². The summed E-state index contributed by atoms with van der Waals surface area (Å²) < 4.78 is 0.390. The summed E-state index contributed by atoms with van der Waals surface area (Å²) in [7, 11) is 0. The maximum Gasteiger partial charge on any atom is 0.178 e. The second-order valence-corrected chi connectivity index (χ2v) is 2.85. The van der Waals surface area contributed by atoms with Gasteiger partial charge in [0, 0.05) is 12.5 Å². The first-order valence-electron chi connectivity index (χ1n) is 3.76. The Bertz CT molecular complexity index is 389. The lowest BCUT2D eigenvalue weighted by molar-refractivity contribution is 0.400. The van der Waals surface area contributed by atoms with E-state index in [-0.39, 0.29) is 5.76 Å². The number of allylic oxidation sites excluding steroid dienone is 1. The van der Waals surface area contributed by atoms with E-state index < -0.39 is 0 Å². The van der Waals surface area contributed by atoms with Crippen LogP contribution in [0.1, 0.15) is 19.0 Å². The average Bonchev–Trinajstić information content (AvgIpc) is 2.46. The SMILES string of the molecule is CC/C(O)=C\c1[nH]c(=S)[nH]c1N=N. The van der Waals surface area contributed by atoms with Gasteiger partial charge in [-0.25, -0.2) is 5.53 Å². The fraction of sp³-hybridized carbons (Fsp3) is 0.286. The third-order valence-corrected chi connectivity index (χ3v) is 1.72. The number of aromatic amines is 2. The predicted molar refractivity (Wildman–Crippen MR) is 51.7 cm³/mol. The second kappa shape index (κ2) is 3.99. The van der Waals surface area contributed by atoms with E-state index in [0.29, 0.717) is 22.7 Å². The van der Waals surface area contributed by atoms with Crippen LogP contribution >= 0.6 is 12.2 Å². The summed E-state index contributed by atoms with van der Waals surface area (Å²) in [6.07, 6.45) is 2.03. The van der Waals surface area contributed by atoms with Crippen molar-refractivity contribution in [2.75, 3.05) is 0 Å². The molecule has 0 aliphatic rings. The van der Waals surface area contributed by atoms with E-state index >= 15 is 0 Å². The first-order valence-corrected chi connectivity index (χ1v) is 4.17. The van der Waals surface area contributed by atoms with Crippen molar-refractivity contribution in [1.82, 2.24) is 9.97 Å². The largest absolute Gasteiger partial charge is 0.512 e. The second-order valence-electron chi connectivity index (χ2n) is 2.44. The number of nitrogens with one attached hydrogen (secondary N) is 3. The molecular formula is C7H10N4OS. The van der Waals surface area contributed by atoms with E-state index in [0.717, 1.165) is 0 Å². The van der Waals surface area contributed by atoms with Crippen molar-refractivity contribution in [2.24, 2.45) is 5.11 Å². The zero-order chi connectivity index (χ0) is 9.84. The Morgan fingerprint density at radius 1 is 1.69 bits per heavy atom. The number of imidazole rings is 1. The maximum atomic E-state index is 9.23. The molecule has 13 heavy (non-hydrogen) atoms. The number of hydrogen-bond donors (Lipinski definition) is 4. The summed E-state index contributed by atoms with van der Waals surface area (Å²) in [6.45, 7) is 1.82. The topological polar surface area (TPSA) is 88.0 Å². The molecule has 70 valence electrons. The van der Waals surface area contributed by atoms with Crippen LogP contribution in [-0.4, -0.2) is 15.1 Å². The third kappa shape index (κ3) is 2.25. The minimum absolute atomic E-state index is 0.218. The summed E-state index contributed by atoms with van der Waals surface area (Å²) >= 11 is 4.81. The Morgan fingerprint density at radius 3 is 2.92 bits per heavy atom. The molecule has 0 aliphatic heterocycles. The predicted octanol–water partition coefficient (Wildman–Crippen LogP) is 3.04. The fourth-order valence-corrected chi connectivity index (χ4v) is 1.06. The van der Waals surface area contributed by atoms with Gasteiger partial charge in [0.25, 0.3) is 0 Å². The van der Waals surface area contributed by atoms with E-state index in [1.54, 1.807) is 0 Å². The molecule has 4 N–H and O–H groups in total. The van der Waals surface area contributed by atoms with Gasteiger partial charge in [-0.3, -0.25) is 0 Å². The first-order chi connectivity index (χ1) is 6.17. The highest BCUT2D eigenvalue weighted by Crippen LogP contribution is 2.17. The van der Waals surface area contributed by atoms with Crippen molar-refractivity contribution in [1.29, 1.82) is 5.53 Å². The summed E-state index contributed by atoms with van der Waals surface area (Å²) in [6, 6.07) is 0. The molecule has 0 spiro atoms. The van der Waals surface area contributed by atoms with Crippen molar-refractivity contribution in [3.8, 4) is 0 Å². The van der Waals surface area contributed by atoms with E-state index in [9.17, 15) is 5.11 Å². The average molecular weight is 198 g/mol. The number of rotatable bonds is 3. The quantitative estimate of drug-likeness (QED) is 0.341. The van der Waals surface area contributed by atoms with Gasteiger partial charge in [-0.05, 0) is 12.2 Å². The molecule has 0 saturated heterocycles. The third-order valence-electron chi connectivity index (χ3n) is 1.52. The highest BCUT2D eigenvalue weighted by atomic mass is 32.1. The zero-order valence-corrected chi connectivity index (χ0v) is 7.90. The molecule has 0 aromatic carbocycles. The van der Waals surface area contributed by atoms with Gasteiger partial charge in [0.05, 0.1) is 11.5 Å². The van der Waals surface area contributed by atoms with Gasteiger partial charge in [0.2, 0.25) is 0 Å². The lowest BCUT2D eigenvalue weighted by Crippen LogP contribution is -1.78. The van der Waals surface area contributed by atoms with Crippen LogP contribution in [0.5, 0.6) is 0 Å². The number of aromatic nitrogens is 2. The van der Waals surface area contributed by atoms with Crippen molar-refractivity contribution in [3.63, 3.8) is 0 Å². The fourth-order valence-electron chi connectivity index (χ4n) is 0.849. The molecule has 1 heterocycles. The van der Waals surface area contributed by atoms with Gasteiger partial charge in [-0.2, -0.15) is 0 Å². The van der Waals surface area contributed by atoms with Gasteiger partial charge in [-0.1, -0.05) is 6.92 Å². The number of aliphatic hydroxyl groups is 1. The Labute approximate surface area is 80.0 Å². The van der Waals surface area contributed by atoms with E-state index in [1.807, 2.05) is 6.92 Å². The molecule has 0 amide bonds. The molecule has 0 fully saturated rings. The van der Waals surface area contributed by atoms with Crippen LogP contribution in [-0.2, 0) is 0 Å². The minimum Gasteiger partial charge on any atom is -0.512 e. The molecular weight excluding hydrogens is 188 g/mol. The Hall–Kier alpha value is -1.43. The molecule has 6 heteroatoms. The highest BCUT2D eigenvalue weighted by Gasteiger charge is 2.02. The van der Waals surface area contributed by atoms with Crippen molar-refractivity contribution < 1.29 is 5.11 Å². The Kier molecular flexibility index (Phi) is 2.97. The van der Waals surface area contributed by atoms with Crippen LogP contribution in [0.15, 0.2) is 10.9 Å². The van der Waals surface area contributed by atoms with Crippen LogP contribution in [0, 0.1) is 10.3 Å². The van der Waals surface area contributed by atoms with Gasteiger partial charge in [0.15, 0.2) is 10.6 Å². The molecule has 0 aliphatic carbocycles. The summed E-state index contributed by atoms with van der Waals surface area (Å²) in [5.74, 6) is 0.542. The monoisotopic (exact) mass is 198 g/mol. The standard InChI is InChI=1S/C7H10N4OS/c1-2-4(12)3-5-6(11-8)10-7(13)9-5/h3,8,12H,2H2,1H3,(H2,9,10,13)/b4-3+,11-8?. The van der Waals surface area contributed by atoms with Crippen molar-refractivity contribution in [2.45, 2.75) is 13.3 Å². The van der Waals surface area contributed by atoms with Gasteiger partial charge >= 0.3 is 0 Å². The lowest BCUT2D eigenvalue weighted by atomic mass is 10.3. The Morgan fingerprint density at radius 2 is 2.38 bits per heavy atom. The van der Waals surface area contributed by atoms with Crippen LogP contribution < -0.4 is 0 Å². The molecule has 5 nitrogen and oxygen atoms in total. The molecule has 1 rings (SSSR count). The lowest BCUT2D eigenvalue weighted by Gasteiger charge is -1.92. The van der Waals surface area contributed by atoms with Gasteiger partial charge < -0.3 is 15.1 Å². The number of aliphatic hydroxyl groups excluding tert-OH is 1. The molecule has 0 atom stereocenters. The first kappa shape index (κ1) is 9.66. The van der Waals surface area contributed by atoms with Crippen molar-refractivity contribution >= 4 is 24.1 Å². The minimum atomic E-state index is 0.218. The van der Waals surface area contributed by atoms with Crippen molar-refractivity contribution in [3.05, 3.63) is 16.2 Å². The molecule has 1 aromatic heterocycles.